The molecular weight excluding hydrogens is 252 g/mol. The fraction of sp³-hybridized carbons (Fsp3) is 0.833. The first-order valence-electron chi connectivity index (χ1n) is 6.47. The summed E-state index contributed by atoms with van der Waals surface area (Å²) in [6.45, 7) is 5.98. The van der Waals surface area contributed by atoms with Crippen molar-refractivity contribution in [3.63, 3.8) is 0 Å². The van der Waals surface area contributed by atoms with Gasteiger partial charge < -0.3 is 14.9 Å². The van der Waals surface area contributed by atoms with Crippen molar-refractivity contribution in [1.82, 2.24) is 9.80 Å². The molecule has 0 aromatic rings. The summed E-state index contributed by atoms with van der Waals surface area (Å²) >= 11 is 1.60. The van der Waals surface area contributed by atoms with Gasteiger partial charge in [0.05, 0.1) is 0 Å². The third-order valence-electron chi connectivity index (χ3n) is 2.92. The first kappa shape index (κ1) is 15.1. The number of carboxylic acids is 1. The lowest BCUT2D eigenvalue weighted by Gasteiger charge is -2.36. The van der Waals surface area contributed by atoms with Gasteiger partial charge in [0.2, 0.25) is 0 Å². The molecule has 1 saturated heterocycles. The zero-order valence-electron chi connectivity index (χ0n) is 11.1. The van der Waals surface area contributed by atoms with Crippen LogP contribution in [0.2, 0.25) is 0 Å². The molecule has 18 heavy (non-hydrogen) atoms. The molecule has 1 N–H and O–H groups in total. The summed E-state index contributed by atoms with van der Waals surface area (Å²) in [5.74, 6) is 0.415. The van der Waals surface area contributed by atoms with Crippen LogP contribution in [0.25, 0.3) is 0 Å². The Labute approximate surface area is 113 Å². The Balaban J connectivity index is 2.73. The summed E-state index contributed by atoms with van der Waals surface area (Å²) in [6.07, 6.45) is 1.79. The van der Waals surface area contributed by atoms with Crippen molar-refractivity contribution < 1.29 is 14.7 Å². The normalized spacial score (nSPS) is 19.7. The maximum absolute atomic E-state index is 12.4. The van der Waals surface area contributed by atoms with Gasteiger partial charge in [-0.05, 0) is 12.8 Å². The molecule has 0 aromatic heterocycles. The van der Waals surface area contributed by atoms with Crippen LogP contribution in [0.15, 0.2) is 0 Å². The molecule has 1 unspecified atom stereocenters. The number of rotatable bonds is 5. The van der Waals surface area contributed by atoms with E-state index in [4.69, 9.17) is 0 Å². The second-order valence-corrected chi connectivity index (χ2v) is 5.54. The predicted octanol–water partition coefficient (Wildman–Crippen LogP) is 1.73. The molecule has 1 heterocycles. The molecule has 0 aromatic carbocycles. The molecule has 1 atom stereocenters. The largest absolute Gasteiger partial charge is 0.480 e. The zero-order chi connectivity index (χ0) is 13.5. The summed E-state index contributed by atoms with van der Waals surface area (Å²) in [5, 5.41) is 9.17. The van der Waals surface area contributed by atoms with Gasteiger partial charge in [-0.1, -0.05) is 13.8 Å². The molecule has 1 fully saturated rings. The molecule has 0 bridgehead atoms. The molecule has 104 valence electrons. The van der Waals surface area contributed by atoms with Crippen LogP contribution in [0.5, 0.6) is 0 Å². The number of carbonyl (C=O) groups is 2. The van der Waals surface area contributed by atoms with Crippen molar-refractivity contribution >= 4 is 23.8 Å². The van der Waals surface area contributed by atoms with E-state index < -0.39 is 12.0 Å². The molecule has 5 nitrogen and oxygen atoms in total. The number of hydrogen-bond donors (Lipinski definition) is 1. The van der Waals surface area contributed by atoms with Gasteiger partial charge in [-0.25, -0.2) is 9.59 Å². The van der Waals surface area contributed by atoms with E-state index >= 15 is 0 Å². The van der Waals surface area contributed by atoms with Crippen LogP contribution in [0.4, 0.5) is 4.79 Å². The number of amides is 2. The fourth-order valence-corrected chi connectivity index (χ4v) is 3.10. The summed E-state index contributed by atoms with van der Waals surface area (Å²) < 4.78 is 0. The van der Waals surface area contributed by atoms with Crippen molar-refractivity contribution in [3.05, 3.63) is 0 Å². The molecule has 0 aliphatic carbocycles. The summed E-state index contributed by atoms with van der Waals surface area (Å²) in [7, 11) is 0. The van der Waals surface area contributed by atoms with Gasteiger partial charge in [-0.2, -0.15) is 11.8 Å². The van der Waals surface area contributed by atoms with Gasteiger partial charge in [0.1, 0.15) is 6.04 Å². The second kappa shape index (κ2) is 7.51. The minimum Gasteiger partial charge on any atom is -0.480 e. The number of carboxylic acid groups (broad SMARTS) is 1. The molecular formula is C12H22N2O3S. The monoisotopic (exact) mass is 274 g/mol. The van der Waals surface area contributed by atoms with Crippen LogP contribution < -0.4 is 0 Å². The number of urea groups is 1. The first-order chi connectivity index (χ1) is 8.61. The average molecular weight is 274 g/mol. The van der Waals surface area contributed by atoms with E-state index in [9.17, 15) is 14.7 Å². The highest BCUT2D eigenvalue weighted by atomic mass is 32.2. The van der Waals surface area contributed by atoms with Crippen LogP contribution in [0.3, 0.4) is 0 Å². The second-order valence-electron chi connectivity index (χ2n) is 4.39. The molecule has 0 radical (unpaired) electrons. The molecule has 1 aliphatic heterocycles. The number of hydrogen-bond acceptors (Lipinski definition) is 3. The van der Waals surface area contributed by atoms with Gasteiger partial charge in [0, 0.05) is 31.1 Å². The number of nitrogens with zero attached hydrogens (tertiary/aromatic N) is 2. The molecule has 0 saturated carbocycles. The smallest absolute Gasteiger partial charge is 0.327 e. The van der Waals surface area contributed by atoms with E-state index in [0.29, 0.717) is 25.4 Å². The minimum absolute atomic E-state index is 0.119. The topological polar surface area (TPSA) is 60.9 Å². The Morgan fingerprint density at radius 3 is 2.44 bits per heavy atom. The highest BCUT2D eigenvalue weighted by Crippen LogP contribution is 2.18. The first-order valence-corrected chi connectivity index (χ1v) is 7.63. The van der Waals surface area contributed by atoms with E-state index in [1.165, 1.54) is 4.90 Å². The van der Waals surface area contributed by atoms with E-state index in [0.717, 1.165) is 18.6 Å². The average Bonchev–Trinajstić information content (AvgIpc) is 2.37. The zero-order valence-corrected chi connectivity index (χ0v) is 11.9. The fourth-order valence-electron chi connectivity index (χ4n) is 2.06. The van der Waals surface area contributed by atoms with Crippen LogP contribution >= 0.6 is 11.8 Å². The number of carbonyl (C=O) groups excluding carboxylic acids is 1. The summed E-state index contributed by atoms with van der Waals surface area (Å²) in [5.41, 5.74) is 0. The Kier molecular flexibility index (Phi) is 6.32. The molecule has 2 amide bonds. The lowest BCUT2D eigenvalue weighted by Crippen LogP contribution is -2.55. The maximum atomic E-state index is 12.4. The Hall–Kier alpha value is -0.910. The minimum atomic E-state index is -0.900. The highest BCUT2D eigenvalue weighted by Gasteiger charge is 2.34. The van der Waals surface area contributed by atoms with Gasteiger partial charge in [0.15, 0.2) is 0 Å². The number of thioether (sulfide) groups is 1. The van der Waals surface area contributed by atoms with Gasteiger partial charge in [-0.3, -0.25) is 0 Å². The number of aliphatic carboxylic acids is 1. The summed E-state index contributed by atoms with van der Waals surface area (Å²) in [6, 6.07) is -0.793. The SMILES string of the molecule is CCCN(CCC)C(=O)N1CCSCC1C(=O)O. The standard InChI is InChI=1S/C12H22N2O3S/c1-3-5-13(6-4-2)12(17)14-7-8-18-9-10(14)11(15)16/h10H,3-9H2,1-2H3,(H,15,16). The van der Waals surface area contributed by atoms with Gasteiger partial charge in [-0.15, -0.1) is 0 Å². The van der Waals surface area contributed by atoms with Crippen molar-refractivity contribution in [2.75, 3.05) is 31.1 Å². The van der Waals surface area contributed by atoms with Crippen molar-refractivity contribution in [1.29, 1.82) is 0 Å². The van der Waals surface area contributed by atoms with Crippen molar-refractivity contribution in [2.45, 2.75) is 32.7 Å². The highest BCUT2D eigenvalue weighted by molar-refractivity contribution is 7.99. The lowest BCUT2D eigenvalue weighted by atomic mass is 10.2. The lowest BCUT2D eigenvalue weighted by molar-refractivity contribution is -0.141. The van der Waals surface area contributed by atoms with Crippen LogP contribution in [-0.4, -0.2) is 64.1 Å². The summed E-state index contributed by atoms with van der Waals surface area (Å²) in [4.78, 5) is 26.8. The molecule has 6 heteroatoms. The van der Waals surface area contributed by atoms with Crippen LogP contribution in [-0.2, 0) is 4.79 Å². The van der Waals surface area contributed by atoms with E-state index in [-0.39, 0.29) is 6.03 Å². The predicted molar refractivity (Wildman–Crippen MR) is 73.0 cm³/mol. The molecule has 1 aliphatic rings. The van der Waals surface area contributed by atoms with Crippen molar-refractivity contribution in [3.8, 4) is 0 Å². The van der Waals surface area contributed by atoms with Crippen molar-refractivity contribution in [2.24, 2.45) is 0 Å². The van der Waals surface area contributed by atoms with Crippen LogP contribution in [0, 0.1) is 0 Å². The molecule has 0 spiro atoms. The van der Waals surface area contributed by atoms with Gasteiger partial charge >= 0.3 is 12.0 Å². The Morgan fingerprint density at radius 1 is 1.33 bits per heavy atom. The van der Waals surface area contributed by atoms with E-state index in [1.54, 1.807) is 16.7 Å². The third-order valence-corrected chi connectivity index (χ3v) is 3.94. The quantitative estimate of drug-likeness (QED) is 0.829. The maximum Gasteiger partial charge on any atom is 0.327 e. The van der Waals surface area contributed by atoms with E-state index in [2.05, 4.69) is 0 Å². The molecule has 1 rings (SSSR count). The third kappa shape index (κ3) is 3.80. The Morgan fingerprint density at radius 2 is 1.94 bits per heavy atom. The van der Waals surface area contributed by atoms with Crippen LogP contribution in [0.1, 0.15) is 26.7 Å². The van der Waals surface area contributed by atoms with E-state index in [1.807, 2.05) is 13.8 Å². The Bertz CT molecular complexity index is 293. The van der Waals surface area contributed by atoms with Gasteiger partial charge in [0.25, 0.3) is 0 Å².